The molecule has 4 nitrogen and oxygen atoms in total. The highest BCUT2D eigenvalue weighted by Crippen LogP contribution is 2.27. The summed E-state index contributed by atoms with van der Waals surface area (Å²) in [6.45, 7) is 3.70. The van der Waals surface area contributed by atoms with Gasteiger partial charge in [0.25, 0.3) is 0 Å². The standard InChI is InChI=1S/C11H13FN4S/c1-6-3-8(5-9(12)4-6)10(14-13)11-7(2)15-16-17-11/h3-5,10,14H,13H2,1-2H3. The Morgan fingerprint density at radius 3 is 2.65 bits per heavy atom. The molecule has 0 aliphatic carbocycles. The fourth-order valence-electron chi connectivity index (χ4n) is 1.76. The molecule has 0 saturated carbocycles. The number of nitrogens with two attached hydrogens (primary N) is 1. The molecule has 0 saturated heterocycles. The van der Waals surface area contributed by atoms with E-state index in [-0.39, 0.29) is 11.9 Å². The van der Waals surface area contributed by atoms with E-state index in [0.29, 0.717) is 0 Å². The van der Waals surface area contributed by atoms with Gasteiger partial charge in [0.15, 0.2) is 0 Å². The Labute approximate surface area is 103 Å². The van der Waals surface area contributed by atoms with Gasteiger partial charge >= 0.3 is 0 Å². The van der Waals surface area contributed by atoms with Crippen molar-refractivity contribution in [1.82, 2.24) is 15.0 Å². The number of nitrogens with one attached hydrogen (secondary N) is 1. The van der Waals surface area contributed by atoms with E-state index in [9.17, 15) is 4.39 Å². The van der Waals surface area contributed by atoms with Crippen LogP contribution in [-0.4, -0.2) is 9.59 Å². The zero-order valence-electron chi connectivity index (χ0n) is 9.57. The molecular formula is C11H13FN4S. The highest BCUT2D eigenvalue weighted by Gasteiger charge is 2.18. The summed E-state index contributed by atoms with van der Waals surface area (Å²) in [6.07, 6.45) is 0. The molecular weight excluding hydrogens is 239 g/mol. The summed E-state index contributed by atoms with van der Waals surface area (Å²) in [7, 11) is 0. The van der Waals surface area contributed by atoms with Crippen molar-refractivity contribution < 1.29 is 4.39 Å². The average molecular weight is 252 g/mol. The molecule has 3 N–H and O–H groups in total. The maximum Gasteiger partial charge on any atom is 0.123 e. The molecule has 90 valence electrons. The third-order valence-corrected chi connectivity index (χ3v) is 3.40. The van der Waals surface area contributed by atoms with Crippen molar-refractivity contribution in [3.8, 4) is 0 Å². The number of aryl methyl sites for hydroxylation is 2. The monoisotopic (exact) mass is 252 g/mol. The van der Waals surface area contributed by atoms with Crippen molar-refractivity contribution in [1.29, 1.82) is 0 Å². The lowest BCUT2D eigenvalue weighted by Crippen LogP contribution is -2.28. The minimum absolute atomic E-state index is 0.268. The number of rotatable bonds is 3. The number of benzene rings is 1. The van der Waals surface area contributed by atoms with E-state index in [0.717, 1.165) is 21.7 Å². The number of halogens is 1. The summed E-state index contributed by atoms with van der Waals surface area (Å²) < 4.78 is 17.2. The van der Waals surface area contributed by atoms with Crippen LogP contribution in [0.3, 0.4) is 0 Å². The highest BCUT2D eigenvalue weighted by molar-refractivity contribution is 7.05. The second-order valence-corrected chi connectivity index (χ2v) is 4.67. The van der Waals surface area contributed by atoms with Gasteiger partial charge in [-0.2, -0.15) is 0 Å². The van der Waals surface area contributed by atoms with Gasteiger partial charge in [0.05, 0.1) is 16.6 Å². The molecule has 1 aromatic heterocycles. The Kier molecular flexibility index (Phi) is 3.46. The van der Waals surface area contributed by atoms with E-state index in [1.807, 2.05) is 19.9 Å². The summed E-state index contributed by atoms with van der Waals surface area (Å²) >= 11 is 1.26. The molecule has 2 aromatic rings. The third kappa shape index (κ3) is 2.49. The fourth-order valence-corrected chi connectivity index (χ4v) is 2.49. The normalized spacial score (nSPS) is 12.7. The minimum atomic E-state index is -0.274. The van der Waals surface area contributed by atoms with Crippen LogP contribution >= 0.6 is 11.5 Å². The Hall–Kier alpha value is -1.37. The van der Waals surface area contributed by atoms with Gasteiger partial charge in [-0.3, -0.25) is 5.84 Å². The molecule has 17 heavy (non-hydrogen) atoms. The Balaban J connectivity index is 2.45. The van der Waals surface area contributed by atoms with Crippen LogP contribution in [0.4, 0.5) is 4.39 Å². The van der Waals surface area contributed by atoms with Crippen LogP contribution < -0.4 is 11.3 Å². The van der Waals surface area contributed by atoms with Crippen LogP contribution in [0.2, 0.25) is 0 Å². The molecule has 0 bridgehead atoms. The van der Waals surface area contributed by atoms with E-state index in [1.54, 1.807) is 0 Å². The Bertz CT molecular complexity index is 506. The van der Waals surface area contributed by atoms with Crippen LogP contribution in [0.25, 0.3) is 0 Å². The van der Waals surface area contributed by atoms with Crippen molar-refractivity contribution in [2.75, 3.05) is 0 Å². The summed E-state index contributed by atoms with van der Waals surface area (Å²) in [6, 6.07) is 4.57. The van der Waals surface area contributed by atoms with Crippen LogP contribution in [0.1, 0.15) is 27.7 Å². The highest BCUT2D eigenvalue weighted by atomic mass is 32.1. The number of aromatic nitrogens is 2. The van der Waals surface area contributed by atoms with Crippen LogP contribution in [-0.2, 0) is 0 Å². The first-order chi connectivity index (χ1) is 8.11. The number of hydrazine groups is 1. The van der Waals surface area contributed by atoms with E-state index in [4.69, 9.17) is 5.84 Å². The van der Waals surface area contributed by atoms with Gasteiger partial charge in [0.2, 0.25) is 0 Å². The quantitative estimate of drug-likeness (QED) is 0.646. The van der Waals surface area contributed by atoms with E-state index in [1.165, 1.54) is 23.7 Å². The van der Waals surface area contributed by atoms with Gasteiger partial charge in [-0.1, -0.05) is 10.6 Å². The van der Waals surface area contributed by atoms with Gasteiger partial charge in [-0.05, 0) is 48.6 Å². The molecule has 1 unspecified atom stereocenters. The molecule has 0 radical (unpaired) electrons. The molecule has 0 aliphatic heterocycles. The Morgan fingerprint density at radius 1 is 1.35 bits per heavy atom. The molecule has 6 heteroatoms. The smallest absolute Gasteiger partial charge is 0.123 e. The van der Waals surface area contributed by atoms with Crippen molar-refractivity contribution in [2.45, 2.75) is 19.9 Å². The summed E-state index contributed by atoms with van der Waals surface area (Å²) in [4.78, 5) is 0.900. The van der Waals surface area contributed by atoms with Gasteiger partial charge in [0.1, 0.15) is 5.82 Å². The number of nitrogens with zero attached hydrogens (tertiary/aromatic N) is 2. The molecule has 0 fully saturated rings. The maximum atomic E-state index is 13.4. The molecule has 1 atom stereocenters. The van der Waals surface area contributed by atoms with Gasteiger partial charge in [0, 0.05) is 0 Å². The third-order valence-electron chi connectivity index (χ3n) is 2.51. The first-order valence-electron chi connectivity index (χ1n) is 5.14. The van der Waals surface area contributed by atoms with Gasteiger partial charge in [-0.15, -0.1) is 5.10 Å². The second kappa shape index (κ2) is 4.87. The van der Waals surface area contributed by atoms with Crippen molar-refractivity contribution in [2.24, 2.45) is 5.84 Å². The molecule has 1 heterocycles. The van der Waals surface area contributed by atoms with Crippen molar-refractivity contribution in [3.05, 3.63) is 45.7 Å². The van der Waals surface area contributed by atoms with Gasteiger partial charge < -0.3 is 0 Å². The maximum absolute atomic E-state index is 13.4. The van der Waals surface area contributed by atoms with E-state index >= 15 is 0 Å². The van der Waals surface area contributed by atoms with E-state index in [2.05, 4.69) is 15.0 Å². The topological polar surface area (TPSA) is 63.8 Å². The lowest BCUT2D eigenvalue weighted by Gasteiger charge is -2.15. The molecule has 0 spiro atoms. The molecule has 0 amide bonds. The summed E-state index contributed by atoms with van der Waals surface area (Å²) in [5.41, 5.74) is 5.12. The number of hydrogen-bond donors (Lipinski definition) is 2. The predicted molar refractivity (Wildman–Crippen MR) is 64.9 cm³/mol. The zero-order chi connectivity index (χ0) is 12.4. The molecule has 0 aliphatic rings. The lowest BCUT2D eigenvalue weighted by molar-refractivity contribution is 0.606. The van der Waals surface area contributed by atoms with Crippen LogP contribution in [0, 0.1) is 19.7 Å². The minimum Gasteiger partial charge on any atom is -0.271 e. The van der Waals surface area contributed by atoms with Crippen molar-refractivity contribution >= 4 is 11.5 Å². The first-order valence-corrected chi connectivity index (χ1v) is 5.91. The van der Waals surface area contributed by atoms with Gasteiger partial charge in [-0.25, -0.2) is 9.82 Å². The molecule has 2 rings (SSSR count). The first kappa shape index (κ1) is 12.1. The fraction of sp³-hybridized carbons (Fsp3) is 0.273. The average Bonchev–Trinajstić information content (AvgIpc) is 2.65. The van der Waals surface area contributed by atoms with Crippen LogP contribution in [0.15, 0.2) is 18.2 Å². The SMILES string of the molecule is Cc1cc(F)cc(C(NN)c2snnc2C)c1. The zero-order valence-corrected chi connectivity index (χ0v) is 10.4. The number of hydrogen-bond acceptors (Lipinski definition) is 5. The van der Waals surface area contributed by atoms with Crippen LogP contribution in [0.5, 0.6) is 0 Å². The summed E-state index contributed by atoms with van der Waals surface area (Å²) in [5.74, 6) is 5.28. The summed E-state index contributed by atoms with van der Waals surface area (Å²) in [5, 5.41) is 3.94. The predicted octanol–water partition coefficient (Wildman–Crippen LogP) is 1.85. The lowest BCUT2D eigenvalue weighted by atomic mass is 10.0. The molecule has 1 aromatic carbocycles. The Morgan fingerprint density at radius 2 is 2.12 bits per heavy atom. The van der Waals surface area contributed by atoms with E-state index < -0.39 is 0 Å². The largest absolute Gasteiger partial charge is 0.271 e. The van der Waals surface area contributed by atoms with Crippen molar-refractivity contribution in [3.63, 3.8) is 0 Å². The second-order valence-electron chi connectivity index (χ2n) is 3.88.